The molecule has 0 bridgehead atoms. The largest absolute Gasteiger partial charge is 0.393 e. The predicted molar refractivity (Wildman–Crippen MR) is 129 cm³/mol. The molecule has 0 spiro atoms. The van der Waals surface area contributed by atoms with Crippen molar-refractivity contribution in [3.8, 4) is 11.3 Å². The Bertz CT molecular complexity index is 1110. The third-order valence-corrected chi connectivity index (χ3v) is 6.65. The summed E-state index contributed by atoms with van der Waals surface area (Å²) in [5, 5.41) is 22.2. The molecule has 2 aliphatic carbocycles. The Kier molecular flexibility index (Phi) is 6.26. The smallest absolute Gasteiger partial charge is 0.227 e. The Hall–Kier alpha value is -3.00. The Morgan fingerprint density at radius 2 is 1.88 bits per heavy atom. The minimum absolute atomic E-state index is 0.105. The van der Waals surface area contributed by atoms with Crippen LogP contribution in [0.5, 0.6) is 0 Å². The van der Waals surface area contributed by atoms with Crippen LogP contribution in [0.4, 0.5) is 11.6 Å². The third-order valence-electron chi connectivity index (χ3n) is 6.65. The van der Waals surface area contributed by atoms with Crippen molar-refractivity contribution >= 4 is 28.6 Å². The predicted octanol–water partition coefficient (Wildman–Crippen LogP) is 4.53. The fraction of sp³-hybridized carbons (Fsp3) is 0.520. The first-order valence-electron chi connectivity index (χ1n) is 12.2. The van der Waals surface area contributed by atoms with Crippen LogP contribution < -0.4 is 10.6 Å². The van der Waals surface area contributed by atoms with Gasteiger partial charge in [0.05, 0.1) is 17.5 Å². The van der Waals surface area contributed by atoms with Gasteiger partial charge >= 0.3 is 0 Å². The van der Waals surface area contributed by atoms with Crippen molar-refractivity contribution in [2.45, 2.75) is 70.4 Å². The minimum Gasteiger partial charge on any atom is -0.393 e. The molecule has 3 N–H and O–H groups in total. The first-order chi connectivity index (χ1) is 16.1. The molecule has 2 aromatic heterocycles. The topological polar surface area (TPSA) is 105 Å². The zero-order valence-corrected chi connectivity index (χ0v) is 19.1. The molecule has 0 aliphatic heterocycles. The molecule has 8 heteroatoms. The molecule has 2 heterocycles. The minimum atomic E-state index is -0.221. The summed E-state index contributed by atoms with van der Waals surface area (Å²) < 4.78 is 2.03. The Balaban J connectivity index is 1.46. The number of amides is 1. The number of unbranched alkanes of at least 4 members (excludes halogenated alkanes) is 1. The van der Waals surface area contributed by atoms with Gasteiger partial charge in [0, 0.05) is 29.9 Å². The lowest BCUT2D eigenvalue weighted by molar-refractivity contribution is -0.117. The molecule has 174 valence electrons. The average Bonchev–Trinajstić information content (AvgIpc) is 3.62. The number of nitrogens with one attached hydrogen (secondary N) is 2. The molecule has 0 radical (unpaired) electrons. The van der Waals surface area contributed by atoms with E-state index in [0.717, 1.165) is 85.9 Å². The molecular formula is C25H32N6O2. The lowest BCUT2D eigenvalue weighted by Gasteiger charge is -2.25. The van der Waals surface area contributed by atoms with Gasteiger partial charge in [-0.2, -0.15) is 10.1 Å². The zero-order valence-electron chi connectivity index (χ0n) is 19.1. The van der Waals surface area contributed by atoms with E-state index in [1.165, 1.54) is 0 Å². The van der Waals surface area contributed by atoms with Crippen LogP contribution in [0.1, 0.15) is 64.3 Å². The van der Waals surface area contributed by atoms with E-state index < -0.39 is 0 Å². The maximum Gasteiger partial charge on any atom is 0.227 e. The number of carbonyl (C=O) groups is 1. The molecule has 2 saturated carbocycles. The number of rotatable bonds is 8. The van der Waals surface area contributed by atoms with Crippen LogP contribution in [0.25, 0.3) is 22.3 Å². The first-order valence-corrected chi connectivity index (χ1v) is 12.2. The molecular weight excluding hydrogens is 416 g/mol. The normalized spacial score (nSPS) is 20.7. The maximum atomic E-state index is 12.1. The van der Waals surface area contributed by atoms with Gasteiger partial charge in [-0.25, -0.2) is 9.67 Å². The van der Waals surface area contributed by atoms with E-state index in [9.17, 15) is 9.90 Å². The zero-order chi connectivity index (χ0) is 22.8. The van der Waals surface area contributed by atoms with E-state index in [1.807, 2.05) is 35.1 Å². The number of fused-ring (bicyclic) bond motifs is 1. The van der Waals surface area contributed by atoms with Crippen molar-refractivity contribution in [1.82, 2.24) is 19.7 Å². The van der Waals surface area contributed by atoms with Crippen molar-refractivity contribution in [3.05, 3.63) is 30.5 Å². The molecule has 5 rings (SSSR count). The molecule has 8 nitrogen and oxygen atoms in total. The van der Waals surface area contributed by atoms with Gasteiger partial charge in [0.25, 0.3) is 0 Å². The van der Waals surface area contributed by atoms with Crippen molar-refractivity contribution in [3.63, 3.8) is 0 Å². The number of aromatic nitrogens is 4. The van der Waals surface area contributed by atoms with E-state index in [2.05, 4.69) is 22.5 Å². The summed E-state index contributed by atoms with van der Waals surface area (Å²) in [5.41, 5.74) is 3.44. The summed E-state index contributed by atoms with van der Waals surface area (Å²) in [6, 6.07) is 8.05. The SMILES string of the molecule is CCCCNc1ncc2c(-c3ccc(NC(=O)C4CC4)cc3)nn([C@H]3CC[C@@H](O)CC3)c2n1. The van der Waals surface area contributed by atoms with E-state index >= 15 is 0 Å². The summed E-state index contributed by atoms with van der Waals surface area (Å²) in [6.45, 7) is 3.00. The number of carbonyl (C=O) groups excluding carboxylic acids is 1. The van der Waals surface area contributed by atoms with Crippen molar-refractivity contribution in [1.29, 1.82) is 0 Å². The van der Waals surface area contributed by atoms with E-state index in [1.54, 1.807) is 0 Å². The third kappa shape index (κ3) is 4.85. The lowest BCUT2D eigenvalue weighted by atomic mass is 9.93. The Morgan fingerprint density at radius 3 is 2.58 bits per heavy atom. The monoisotopic (exact) mass is 448 g/mol. The molecule has 33 heavy (non-hydrogen) atoms. The second-order valence-electron chi connectivity index (χ2n) is 9.31. The molecule has 0 atom stereocenters. The van der Waals surface area contributed by atoms with E-state index in [0.29, 0.717) is 5.95 Å². The van der Waals surface area contributed by atoms with Gasteiger partial charge in [-0.05, 0) is 57.1 Å². The summed E-state index contributed by atoms with van der Waals surface area (Å²) in [4.78, 5) is 21.4. The summed E-state index contributed by atoms with van der Waals surface area (Å²) in [6.07, 6.45) is 9.11. The van der Waals surface area contributed by atoms with Gasteiger partial charge in [-0.15, -0.1) is 0 Å². The highest BCUT2D eigenvalue weighted by atomic mass is 16.3. The number of aliphatic hydroxyl groups is 1. The molecule has 0 saturated heterocycles. The first kappa shape index (κ1) is 21.8. The van der Waals surface area contributed by atoms with Gasteiger partial charge in [0.15, 0.2) is 5.65 Å². The molecule has 2 fully saturated rings. The molecule has 1 amide bonds. The number of nitrogens with zero attached hydrogens (tertiary/aromatic N) is 4. The molecule has 3 aromatic rings. The van der Waals surface area contributed by atoms with Crippen LogP contribution in [0.3, 0.4) is 0 Å². The number of anilines is 2. The average molecular weight is 449 g/mol. The highest BCUT2D eigenvalue weighted by Gasteiger charge is 2.29. The van der Waals surface area contributed by atoms with Crippen LogP contribution in [0, 0.1) is 5.92 Å². The fourth-order valence-corrected chi connectivity index (χ4v) is 4.46. The van der Waals surface area contributed by atoms with E-state index in [-0.39, 0.29) is 24.0 Å². The quantitative estimate of drug-likeness (QED) is 0.437. The highest BCUT2D eigenvalue weighted by molar-refractivity contribution is 5.95. The van der Waals surface area contributed by atoms with Crippen LogP contribution in [0.2, 0.25) is 0 Å². The number of hydrogen-bond acceptors (Lipinski definition) is 6. The van der Waals surface area contributed by atoms with E-state index in [4.69, 9.17) is 10.1 Å². The van der Waals surface area contributed by atoms with Crippen LogP contribution in [-0.2, 0) is 4.79 Å². The Labute approximate surface area is 193 Å². The van der Waals surface area contributed by atoms with Crippen molar-refractivity contribution in [2.24, 2.45) is 5.92 Å². The maximum absolute atomic E-state index is 12.1. The summed E-state index contributed by atoms with van der Waals surface area (Å²) >= 11 is 0. The van der Waals surface area contributed by atoms with Crippen LogP contribution in [0.15, 0.2) is 30.5 Å². The molecule has 0 unspecified atom stereocenters. The summed E-state index contributed by atoms with van der Waals surface area (Å²) in [5.74, 6) is 0.904. The highest BCUT2D eigenvalue weighted by Crippen LogP contribution is 2.35. The van der Waals surface area contributed by atoms with Gasteiger partial charge < -0.3 is 15.7 Å². The second kappa shape index (κ2) is 9.47. The van der Waals surface area contributed by atoms with Crippen molar-refractivity contribution < 1.29 is 9.90 Å². The Morgan fingerprint density at radius 1 is 1.12 bits per heavy atom. The number of aliphatic hydroxyl groups excluding tert-OH is 1. The molecule has 1 aromatic carbocycles. The standard InChI is InChI=1S/C25H32N6O2/c1-2-3-14-26-25-27-15-21-22(16-6-8-18(9-7-16)28-24(33)17-4-5-17)30-31(23(21)29-25)19-10-12-20(32)13-11-19/h6-9,15,17,19-20,32H,2-5,10-14H2,1H3,(H,28,33)(H,26,27,29)/t19-,20+. The fourth-order valence-electron chi connectivity index (χ4n) is 4.46. The van der Waals surface area contributed by atoms with Gasteiger partial charge in [0.2, 0.25) is 11.9 Å². The lowest BCUT2D eigenvalue weighted by Crippen LogP contribution is -2.22. The molecule has 2 aliphatic rings. The van der Waals surface area contributed by atoms with Crippen LogP contribution in [-0.4, -0.2) is 43.4 Å². The second-order valence-corrected chi connectivity index (χ2v) is 9.31. The van der Waals surface area contributed by atoms with Gasteiger partial charge in [-0.3, -0.25) is 4.79 Å². The number of benzene rings is 1. The van der Waals surface area contributed by atoms with Crippen LogP contribution >= 0.6 is 0 Å². The number of hydrogen-bond donors (Lipinski definition) is 3. The van der Waals surface area contributed by atoms with Gasteiger partial charge in [-0.1, -0.05) is 25.5 Å². The van der Waals surface area contributed by atoms with Crippen molar-refractivity contribution in [2.75, 3.05) is 17.2 Å². The summed E-state index contributed by atoms with van der Waals surface area (Å²) in [7, 11) is 0. The van der Waals surface area contributed by atoms with Gasteiger partial charge in [0.1, 0.15) is 5.69 Å².